The third kappa shape index (κ3) is 5.16. The first-order chi connectivity index (χ1) is 15.4. The zero-order valence-corrected chi connectivity index (χ0v) is 19.0. The maximum absolute atomic E-state index is 15.1. The van der Waals surface area contributed by atoms with Crippen LogP contribution >= 0.6 is 11.6 Å². The Labute approximate surface area is 190 Å². The smallest absolute Gasteiger partial charge is 0.296 e. The van der Waals surface area contributed by atoms with Crippen LogP contribution in [0.3, 0.4) is 0 Å². The molecule has 0 radical (unpaired) electrons. The SMILES string of the molecule is CC[C@H](C)Cn1c(-c2c(F)cc(OCCCNC)cc2F)c(Cl)nc(-n2cccn2)c1=O. The van der Waals surface area contributed by atoms with Gasteiger partial charge in [-0.15, -0.1) is 0 Å². The Hall–Kier alpha value is -2.78. The number of halogens is 3. The number of aromatic nitrogens is 4. The van der Waals surface area contributed by atoms with E-state index in [-0.39, 0.29) is 34.9 Å². The Balaban J connectivity index is 2.12. The van der Waals surface area contributed by atoms with Gasteiger partial charge in [-0.2, -0.15) is 5.10 Å². The number of nitrogens with zero attached hydrogens (tertiary/aromatic N) is 4. The van der Waals surface area contributed by atoms with Crippen LogP contribution in [-0.2, 0) is 6.54 Å². The van der Waals surface area contributed by atoms with Crippen LogP contribution in [0.15, 0.2) is 35.4 Å². The van der Waals surface area contributed by atoms with Gasteiger partial charge in [0.05, 0.1) is 17.9 Å². The van der Waals surface area contributed by atoms with E-state index in [0.717, 1.165) is 25.1 Å². The summed E-state index contributed by atoms with van der Waals surface area (Å²) >= 11 is 6.40. The molecule has 0 spiro atoms. The van der Waals surface area contributed by atoms with Gasteiger partial charge in [0.25, 0.3) is 5.56 Å². The number of benzene rings is 1. The van der Waals surface area contributed by atoms with Crippen LogP contribution in [0.4, 0.5) is 8.78 Å². The molecule has 32 heavy (non-hydrogen) atoms. The molecule has 1 atom stereocenters. The molecule has 2 heterocycles. The van der Waals surface area contributed by atoms with Crippen LogP contribution in [0.1, 0.15) is 26.7 Å². The monoisotopic (exact) mass is 465 g/mol. The van der Waals surface area contributed by atoms with Crippen molar-refractivity contribution < 1.29 is 13.5 Å². The molecule has 0 bridgehead atoms. The topological polar surface area (TPSA) is 74.0 Å². The molecule has 0 aliphatic carbocycles. The molecule has 1 N–H and O–H groups in total. The molecule has 0 fully saturated rings. The molecule has 0 unspecified atom stereocenters. The van der Waals surface area contributed by atoms with Crippen molar-refractivity contribution in [1.82, 2.24) is 24.6 Å². The highest BCUT2D eigenvalue weighted by Crippen LogP contribution is 2.34. The first kappa shape index (κ1) is 23.9. The zero-order valence-electron chi connectivity index (χ0n) is 18.2. The summed E-state index contributed by atoms with van der Waals surface area (Å²) in [4.78, 5) is 17.4. The molecule has 172 valence electrons. The molecule has 2 aromatic heterocycles. The average molecular weight is 466 g/mol. The van der Waals surface area contributed by atoms with E-state index in [2.05, 4.69) is 15.4 Å². The van der Waals surface area contributed by atoms with E-state index < -0.39 is 22.8 Å². The van der Waals surface area contributed by atoms with Gasteiger partial charge in [-0.25, -0.2) is 18.4 Å². The summed E-state index contributed by atoms with van der Waals surface area (Å²) < 4.78 is 38.2. The van der Waals surface area contributed by atoms with E-state index in [0.29, 0.717) is 13.0 Å². The molecule has 0 saturated carbocycles. The van der Waals surface area contributed by atoms with Gasteiger partial charge in [-0.3, -0.25) is 4.79 Å². The van der Waals surface area contributed by atoms with Gasteiger partial charge in [-0.1, -0.05) is 31.9 Å². The third-order valence-corrected chi connectivity index (χ3v) is 5.37. The van der Waals surface area contributed by atoms with E-state index in [1.54, 1.807) is 12.3 Å². The standard InChI is InChI=1S/C22H26ClF2N5O2/c1-4-14(2)13-29-19(20(23)28-21(22(29)31)30-9-5-8-27-30)18-16(24)11-15(12-17(18)25)32-10-6-7-26-3/h5,8-9,11-12,14,26H,4,6-7,10,13H2,1-3H3/t14-/m0/s1. The molecular weight excluding hydrogens is 440 g/mol. The van der Waals surface area contributed by atoms with Crippen molar-refractivity contribution in [2.24, 2.45) is 5.92 Å². The summed E-state index contributed by atoms with van der Waals surface area (Å²) in [5.41, 5.74) is -1.07. The van der Waals surface area contributed by atoms with Crippen LogP contribution in [0.2, 0.25) is 5.15 Å². The minimum absolute atomic E-state index is 0.0441. The summed E-state index contributed by atoms with van der Waals surface area (Å²) in [5, 5.41) is 6.81. The Morgan fingerprint density at radius 1 is 1.28 bits per heavy atom. The van der Waals surface area contributed by atoms with Crippen molar-refractivity contribution in [3.8, 4) is 22.8 Å². The van der Waals surface area contributed by atoms with Gasteiger partial charge in [0.2, 0.25) is 5.82 Å². The molecule has 10 heteroatoms. The van der Waals surface area contributed by atoms with Gasteiger partial charge < -0.3 is 14.6 Å². The lowest BCUT2D eigenvalue weighted by atomic mass is 10.1. The van der Waals surface area contributed by atoms with Crippen LogP contribution in [0.25, 0.3) is 17.1 Å². The Morgan fingerprint density at radius 2 is 2.00 bits per heavy atom. The summed E-state index contributed by atoms with van der Waals surface area (Å²) in [6.07, 6.45) is 4.49. The first-order valence-electron chi connectivity index (χ1n) is 10.4. The summed E-state index contributed by atoms with van der Waals surface area (Å²) in [7, 11) is 1.81. The highest BCUT2D eigenvalue weighted by atomic mass is 35.5. The van der Waals surface area contributed by atoms with Crippen molar-refractivity contribution >= 4 is 11.6 Å². The van der Waals surface area contributed by atoms with Crippen LogP contribution in [-0.4, -0.2) is 39.5 Å². The molecule has 0 saturated heterocycles. The zero-order chi connectivity index (χ0) is 23.3. The maximum atomic E-state index is 15.1. The fourth-order valence-corrected chi connectivity index (χ4v) is 3.50. The van der Waals surface area contributed by atoms with Gasteiger partial charge in [0, 0.05) is 31.1 Å². The minimum Gasteiger partial charge on any atom is -0.493 e. The second kappa shape index (κ2) is 10.7. The highest BCUT2D eigenvalue weighted by molar-refractivity contribution is 6.31. The lowest BCUT2D eigenvalue weighted by molar-refractivity contribution is 0.306. The second-order valence-corrected chi connectivity index (χ2v) is 7.88. The Bertz CT molecular complexity index is 1100. The van der Waals surface area contributed by atoms with Crippen LogP contribution in [0, 0.1) is 17.6 Å². The average Bonchev–Trinajstić information content (AvgIpc) is 3.29. The minimum atomic E-state index is -0.888. The van der Waals surface area contributed by atoms with Gasteiger partial charge in [-0.05, 0) is 32.0 Å². The van der Waals surface area contributed by atoms with E-state index in [4.69, 9.17) is 16.3 Å². The molecule has 3 rings (SSSR count). The molecule has 1 aromatic carbocycles. The number of rotatable bonds is 10. The maximum Gasteiger partial charge on any atom is 0.296 e. The quantitative estimate of drug-likeness (QED) is 0.457. The third-order valence-electron chi connectivity index (χ3n) is 5.11. The van der Waals surface area contributed by atoms with Crippen molar-refractivity contribution in [3.63, 3.8) is 0 Å². The molecule has 0 aliphatic rings. The van der Waals surface area contributed by atoms with E-state index in [9.17, 15) is 4.79 Å². The second-order valence-electron chi connectivity index (χ2n) is 7.52. The van der Waals surface area contributed by atoms with Gasteiger partial charge >= 0.3 is 0 Å². The molecule has 3 aromatic rings. The van der Waals surface area contributed by atoms with Crippen molar-refractivity contribution in [1.29, 1.82) is 0 Å². The number of hydrogen-bond acceptors (Lipinski definition) is 5. The summed E-state index contributed by atoms with van der Waals surface area (Å²) in [6, 6.07) is 3.82. The van der Waals surface area contributed by atoms with Crippen LogP contribution in [0.5, 0.6) is 5.75 Å². The van der Waals surface area contributed by atoms with Gasteiger partial charge in [0.15, 0.2) is 5.15 Å². The fraction of sp³-hybridized carbons (Fsp3) is 0.409. The fourth-order valence-electron chi connectivity index (χ4n) is 3.22. The normalized spacial score (nSPS) is 12.2. The molecule has 0 amide bonds. The molecular formula is C22H26ClF2N5O2. The molecule has 0 aliphatic heterocycles. The number of nitrogens with one attached hydrogen (secondary N) is 1. The van der Waals surface area contributed by atoms with Crippen molar-refractivity contribution in [3.05, 3.63) is 57.7 Å². The summed E-state index contributed by atoms with van der Waals surface area (Å²) in [6.45, 7) is 5.14. The van der Waals surface area contributed by atoms with E-state index >= 15 is 8.78 Å². The first-order valence-corrected chi connectivity index (χ1v) is 10.8. The Kier molecular flexibility index (Phi) is 7.98. The van der Waals surface area contributed by atoms with Gasteiger partial charge in [0.1, 0.15) is 17.4 Å². The lowest BCUT2D eigenvalue weighted by Gasteiger charge is -2.20. The largest absolute Gasteiger partial charge is 0.493 e. The van der Waals surface area contributed by atoms with Crippen molar-refractivity contribution in [2.45, 2.75) is 33.2 Å². The molecule has 7 nitrogen and oxygen atoms in total. The Morgan fingerprint density at radius 3 is 2.59 bits per heavy atom. The predicted octanol–water partition coefficient (Wildman–Crippen LogP) is 4.06. The van der Waals surface area contributed by atoms with E-state index in [1.165, 1.54) is 15.4 Å². The van der Waals surface area contributed by atoms with Crippen LogP contribution < -0.4 is 15.6 Å². The highest BCUT2D eigenvalue weighted by Gasteiger charge is 2.25. The van der Waals surface area contributed by atoms with Crippen molar-refractivity contribution in [2.75, 3.05) is 20.2 Å². The predicted molar refractivity (Wildman–Crippen MR) is 119 cm³/mol. The lowest BCUT2D eigenvalue weighted by Crippen LogP contribution is -2.30. The summed E-state index contributed by atoms with van der Waals surface area (Å²) in [5.74, 6) is -1.70. The number of ether oxygens (including phenoxy) is 1. The van der Waals surface area contributed by atoms with E-state index in [1.807, 2.05) is 20.9 Å². The number of hydrogen-bond donors (Lipinski definition) is 1.